The van der Waals surface area contributed by atoms with Gasteiger partial charge in [0, 0.05) is 11.3 Å². The zero-order chi connectivity index (χ0) is 23.7. The standard InChI is InChI=1S/C19H20N4O7S2/c1-11-7-8-13(9-16(11)31(20,26)27)22-17(24)10-30-19(25)12(2)21-18-14-5-3-4-6-15(14)32(28,29)23-18/h3-9,12H,10H2,1-2H3,(H,21,23)(H,22,24)(H2,20,26,27)/t12-/m0/s1. The van der Waals surface area contributed by atoms with Crippen molar-refractivity contribution in [1.82, 2.24) is 4.72 Å². The molecule has 32 heavy (non-hydrogen) atoms. The minimum Gasteiger partial charge on any atom is -0.454 e. The molecule has 0 unspecified atom stereocenters. The summed E-state index contributed by atoms with van der Waals surface area (Å²) in [6.07, 6.45) is 0. The molecule has 1 aliphatic rings. The number of nitrogens with zero attached hydrogens (tertiary/aromatic N) is 1. The molecule has 11 nitrogen and oxygen atoms in total. The smallest absolute Gasteiger partial charge is 0.331 e. The van der Waals surface area contributed by atoms with Crippen molar-refractivity contribution in [2.45, 2.75) is 29.7 Å². The van der Waals surface area contributed by atoms with E-state index < -0.39 is 44.6 Å². The predicted molar refractivity (Wildman–Crippen MR) is 115 cm³/mol. The lowest BCUT2D eigenvalue weighted by molar-refractivity contribution is -0.148. The Balaban J connectivity index is 1.63. The molecule has 0 aliphatic carbocycles. The van der Waals surface area contributed by atoms with Crippen LogP contribution >= 0.6 is 0 Å². The maximum atomic E-state index is 12.2. The van der Waals surface area contributed by atoms with Crippen molar-refractivity contribution in [3.63, 3.8) is 0 Å². The Morgan fingerprint density at radius 2 is 1.91 bits per heavy atom. The number of aliphatic imine (C=N–C) groups is 1. The molecule has 0 fully saturated rings. The monoisotopic (exact) mass is 480 g/mol. The number of nitrogens with one attached hydrogen (secondary N) is 2. The molecular formula is C19H20N4O7S2. The topological polar surface area (TPSA) is 174 Å². The molecule has 4 N–H and O–H groups in total. The second-order valence-corrected chi connectivity index (χ2v) is 10.1. The molecule has 1 aliphatic heterocycles. The van der Waals surface area contributed by atoms with Crippen molar-refractivity contribution in [2.24, 2.45) is 10.1 Å². The van der Waals surface area contributed by atoms with E-state index in [4.69, 9.17) is 9.88 Å². The van der Waals surface area contributed by atoms with Gasteiger partial charge in [-0.2, -0.15) is 0 Å². The van der Waals surface area contributed by atoms with E-state index in [0.717, 1.165) is 0 Å². The van der Waals surface area contributed by atoms with Crippen LogP contribution in [0.4, 0.5) is 5.69 Å². The number of esters is 1. The van der Waals surface area contributed by atoms with E-state index in [9.17, 15) is 26.4 Å². The molecule has 1 atom stereocenters. The van der Waals surface area contributed by atoms with E-state index >= 15 is 0 Å². The van der Waals surface area contributed by atoms with Gasteiger partial charge in [0.25, 0.3) is 15.9 Å². The highest BCUT2D eigenvalue weighted by Gasteiger charge is 2.31. The highest BCUT2D eigenvalue weighted by atomic mass is 32.2. The molecule has 1 amide bonds. The van der Waals surface area contributed by atoms with Crippen molar-refractivity contribution in [1.29, 1.82) is 0 Å². The number of carbonyl (C=O) groups excluding carboxylic acids is 2. The molecule has 0 spiro atoms. The average Bonchev–Trinajstić information content (AvgIpc) is 2.97. The summed E-state index contributed by atoms with van der Waals surface area (Å²) < 4.78 is 54.6. The molecule has 170 valence electrons. The molecule has 2 aromatic carbocycles. The van der Waals surface area contributed by atoms with Crippen LogP contribution < -0.4 is 15.2 Å². The van der Waals surface area contributed by atoms with Gasteiger partial charge in [0.15, 0.2) is 6.61 Å². The Morgan fingerprint density at radius 1 is 1.22 bits per heavy atom. The van der Waals surface area contributed by atoms with Gasteiger partial charge in [-0.3, -0.25) is 14.5 Å². The summed E-state index contributed by atoms with van der Waals surface area (Å²) in [5.74, 6) is -1.57. The summed E-state index contributed by atoms with van der Waals surface area (Å²) >= 11 is 0. The van der Waals surface area contributed by atoms with Gasteiger partial charge in [-0.05, 0) is 43.7 Å². The third-order valence-corrected chi connectivity index (χ3v) is 6.90. The first-order valence-electron chi connectivity index (χ1n) is 9.18. The quantitative estimate of drug-likeness (QED) is 0.497. The Kier molecular flexibility index (Phi) is 6.34. The molecule has 13 heteroatoms. The fourth-order valence-corrected chi connectivity index (χ4v) is 4.96. The van der Waals surface area contributed by atoms with Crippen molar-refractivity contribution in [3.8, 4) is 0 Å². The number of sulfonamides is 2. The summed E-state index contributed by atoms with van der Waals surface area (Å²) in [6, 6.07) is 9.22. The highest BCUT2D eigenvalue weighted by molar-refractivity contribution is 7.90. The number of anilines is 1. The number of aryl methyl sites for hydroxylation is 1. The minimum absolute atomic E-state index is 0.00433. The number of hydrogen-bond donors (Lipinski definition) is 3. The van der Waals surface area contributed by atoms with Crippen LogP contribution in [-0.4, -0.2) is 47.2 Å². The second-order valence-electron chi connectivity index (χ2n) is 6.94. The maximum Gasteiger partial charge on any atom is 0.331 e. The first kappa shape index (κ1) is 23.4. The van der Waals surface area contributed by atoms with E-state index in [1.54, 1.807) is 25.1 Å². The number of carbonyl (C=O) groups is 2. The lowest BCUT2D eigenvalue weighted by Crippen LogP contribution is -2.28. The lowest BCUT2D eigenvalue weighted by Gasteiger charge is -2.11. The van der Waals surface area contributed by atoms with Crippen molar-refractivity contribution in [2.75, 3.05) is 11.9 Å². The highest BCUT2D eigenvalue weighted by Crippen LogP contribution is 2.23. The first-order valence-corrected chi connectivity index (χ1v) is 12.2. The lowest BCUT2D eigenvalue weighted by atomic mass is 10.2. The molecular weight excluding hydrogens is 460 g/mol. The van der Waals surface area contributed by atoms with Crippen LogP contribution in [-0.2, 0) is 34.4 Å². The average molecular weight is 481 g/mol. The van der Waals surface area contributed by atoms with E-state index in [-0.39, 0.29) is 21.3 Å². The van der Waals surface area contributed by atoms with Crippen LogP contribution in [0.1, 0.15) is 18.1 Å². The van der Waals surface area contributed by atoms with Gasteiger partial charge in [-0.25, -0.2) is 26.8 Å². The van der Waals surface area contributed by atoms with Crippen LogP contribution in [0, 0.1) is 6.92 Å². The van der Waals surface area contributed by atoms with Crippen LogP contribution in [0.25, 0.3) is 0 Å². The van der Waals surface area contributed by atoms with Crippen LogP contribution in [0.3, 0.4) is 0 Å². The third kappa shape index (κ3) is 5.12. The zero-order valence-corrected chi connectivity index (χ0v) is 18.7. The van der Waals surface area contributed by atoms with Gasteiger partial charge in [0.05, 0.1) is 9.79 Å². The first-order chi connectivity index (χ1) is 14.9. The number of amides is 1. The van der Waals surface area contributed by atoms with Gasteiger partial charge in [-0.15, -0.1) is 0 Å². The van der Waals surface area contributed by atoms with Crippen LogP contribution in [0.5, 0.6) is 0 Å². The van der Waals surface area contributed by atoms with Crippen molar-refractivity contribution in [3.05, 3.63) is 53.6 Å². The summed E-state index contributed by atoms with van der Waals surface area (Å²) in [4.78, 5) is 28.3. The molecule has 0 saturated heterocycles. The summed E-state index contributed by atoms with van der Waals surface area (Å²) in [5.41, 5.74) is 0.898. The van der Waals surface area contributed by atoms with Crippen LogP contribution in [0.2, 0.25) is 0 Å². The molecule has 0 saturated carbocycles. The second kappa shape index (κ2) is 8.68. The number of benzene rings is 2. The minimum atomic E-state index is -3.97. The fraction of sp³-hybridized carbons (Fsp3) is 0.211. The fourth-order valence-electron chi connectivity index (χ4n) is 2.91. The SMILES string of the molecule is Cc1ccc(NC(=O)COC(=O)[C@H](C)N=C2NS(=O)(=O)c3ccccc32)cc1S(N)(=O)=O. The third-order valence-electron chi connectivity index (χ3n) is 4.45. The normalized spacial score (nSPS) is 16.7. The summed E-state index contributed by atoms with van der Waals surface area (Å²) in [6.45, 7) is 2.29. The number of primary sulfonamides is 1. The molecule has 1 heterocycles. The van der Waals surface area contributed by atoms with E-state index in [0.29, 0.717) is 11.1 Å². The maximum absolute atomic E-state index is 12.2. The van der Waals surface area contributed by atoms with Gasteiger partial charge >= 0.3 is 5.97 Å². The number of nitrogens with two attached hydrogens (primary N) is 1. The number of ether oxygens (including phenoxy) is 1. The van der Waals surface area contributed by atoms with Crippen molar-refractivity contribution < 1.29 is 31.2 Å². The molecule has 3 rings (SSSR count). The predicted octanol–water partition coefficient (Wildman–Crippen LogP) is 0.251. The van der Waals surface area contributed by atoms with E-state index in [2.05, 4.69) is 15.0 Å². The number of fused-ring (bicyclic) bond motifs is 1. The number of hydrogen-bond acceptors (Lipinski definition) is 8. The van der Waals surface area contributed by atoms with Gasteiger partial charge in [0.2, 0.25) is 10.0 Å². The van der Waals surface area contributed by atoms with E-state index in [1.807, 2.05) is 0 Å². The van der Waals surface area contributed by atoms with Gasteiger partial charge in [-0.1, -0.05) is 18.2 Å². The van der Waals surface area contributed by atoms with Crippen molar-refractivity contribution >= 4 is 43.4 Å². The Labute approximate surface area is 184 Å². The van der Waals surface area contributed by atoms with Crippen LogP contribution in [0.15, 0.2) is 57.2 Å². The molecule has 0 bridgehead atoms. The molecule has 0 radical (unpaired) electrons. The van der Waals surface area contributed by atoms with E-state index in [1.165, 1.54) is 31.2 Å². The molecule has 2 aromatic rings. The van der Waals surface area contributed by atoms with Gasteiger partial charge < -0.3 is 10.1 Å². The Hall–Kier alpha value is -3.29. The number of amidine groups is 1. The van der Waals surface area contributed by atoms with Gasteiger partial charge in [0.1, 0.15) is 11.9 Å². The summed E-state index contributed by atoms with van der Waals surface area (Å²) in [7, 11) is -7.72. The molecule has 0 aromatic heterocycles. The summed E-state index contributed by atoms with van der Waals surface area (Å²) in [5, 5.41) is 7.55. The number of rotatable bonds is 6. The Bertz CT molecular complexity index is 1340. The largest absolute Gasteiger partial charge is 0.454 e. The zero-order valence-electron chi connectivity index (χ0n) is 17.0. The Morgan fingerprint density at radius 3 is 2.59 bits per heavy atom.